The van der Waals surface area contributed by atoms with Gasteiger partial charge in [0, 0.05) is 11.6 Å². The Bertz CT molecular complexity index is 415. The van der Waals surface area contributed by atoms with E-state index in [9.17, 15) is 0 Å². The molecule has 1 rings (SSSR count). The van der Waals surface area contributed by atoms with E-state index in [0.29, 0.717) is 11.8 Å². The van der Waals surface area contributed by atoms with Crippen LogP contribution in [-0.2, 0) is 0 Å². The van der Waals surface area contributed by atoms with Crippen LogP contribution in [0, 0.1) is 25.7 Å². The van der Waals surface area contributed by atoms with Crippen molar-refractivity contribution in [2.45, 2.75) is 33.7 Å². The van der Waals surface area contributed by atoms with Crippen molar-refractivity contribution in [1.29, 1.82) is 0 Å². The van der Waals surface area contributed by atoms with Crippen LogP contribution in [0.3, 0.4) is 0 Å². The van der Waals surface area contributed by atoms with Crippen LogP contribution in [0.5, 0.6) is 5.75 Å². The summed E-state index contributed by atoms with van der Waals surface area (Å²) >= 11 is 0. The highest BCUT2D eigenvalue weighted by atomic mass is 16.5. The lowest BCUT2D eigenvalue weighted by Crippen LogP contribution is -2.34. The van der Waals surface area contributed by atoms with Gasteiger partial charge in [-0.05, 0) is 56.5 Å². The Morgan fingerprint density at radius 3 is 2.37 bits per heavy atom. The average molecular weight is 264 g/mol. The van der Waals surface area contributed by atoms with Crippen molar-refractivity contribution in [3.63, 3.8) is 0 Å². The number of nitrogens with one attached hydrogen (secondary N) is 1. The number of ether oxygens (including phenoxy) is 1. The summed E-state index contributed by atoms with van der Waals surface area (Å²) in [5, 5.41) is 3.25. The second kappa shape index (κ2) is 6.92. The number of benzene rings is 1. The maximum atomic E-state index is 6.53. The number of methoxy groups -OCH3 is 1. The van der Waals surface area contributed by atoms with E-state index in [-0.39, 0.29) is 6.04 Å². The van der Waals surface area contributed by atoms with Crippen molar-refractivity contribution < 1.29 is 4.74 Å². The van der Waals surface area contributed by atoms with Gasteiger partial charge in [0.05, 0.1) is 7.11 Å². The quantitative estimate of drug-likeness (QED) is 0.830. The molecule has 3 heteroatoms. The fourth-order valence-corrected chi connectivity index (χ4v) is 2.76. The Labute approximate surface area is 117 Å². The molecule has 0 fully saturated rings. The first-order valence-corrected chi connectivity index (χ1v) is 6.97. The predicted octanol–water partition coefficient (Wildman–Crippen LogP) is 2.80. The van der Waals surface area contributed by atoms with Crippen molar-refractivity contribution in [2.24, 2.45) is 17.6 Å². The fraction of sp³-hybridized carbons (Fsp3) is 0.625. The van der Waals surface area contributed by atoms with Gasteiger partial charge in [-0.3, -0.25) is 0 Å². The van der Waals surface area contributed by atoms with E-state index in [0.717, 1.165) is 17.9 Å². The molecule has 3 N–H and O–H groups in total. The minimum atomic E-state index is -0.0111. The summed E-state index contributed by atoms with van der Waals surface area (Å²) in [5.41, 5.74) is 10.1. The monoisotopic (exact) mass is 264 g/mol. The van der Waals surface area contributed by atoms with Crippen LogP contribution in [0.1, 0.15) is 36.6 Å². The molecule has 0 saturated carbocycles. The number of hydrogen-bond acceptors (Lipinski definition) is 3. The van der Waals surface area contributed by atoms with Gasteiger partial charge in [-0.25, -0.2) is 0 Å². The van der Waals surface area contributed by atoms with Crippen molar-refractivity contribution in [3.8, 4) is 5.75 Å². The van der Waals surface area contributed by atoms with Gasteiger partial charge in [-0.1, -0.05) is 19.9 Å². The average Bonchev–Trinajstić information content (AvgIpc) is 2.33. The highest BCUT2D eigenvalue weighted by Crippen LogP contribution is 2.35. The third-order valence-corrected chi connectivity index (χ3v) is 3.80. The smallest absolute Gasteiger partial charge is 0.124 e. The molecule has 3 nitrogen and oxygen atoms in total. The molecule has 0 radical (unpaired) electrons. The molecular weight excluding hydrogens is 236 g/mol. The molecule has 0 spiro atoms. The lowest BCUT2D eigenvalue weighted by Gasteiger charge is -2.30. The molecule has 0 bridgehead atoms. The zero-order valence-corrected chi connectivity index (χ0v) is 13.1. The SMILES string of the molecule is CNCC(C(C)C)C(N)c1c(C)cc(C)cc1OC. The molecule has 1 aromatic carbocycles. The van der Waals surface area contributed by atoms with Gasteiger partial charge in [0.15, 0.2) is 0 Å². The summed E-state index contributed by atoms with van der Waals surface area (Å²) in [7, 11) is 3.69. The first-order valence-electron chi connectivity index (χ1n) is 6.97. The van der Waals surface area contributed by atoms with Gasteiger partial charge in [-0.2, -0.15) is 0 Å². The number of hydrogen-bond donors (Lipinski definition) is 2. The maximum absolute atomic E-state index is 6.53. The molecule has 2 unspecified atom stereocenters. The Kier molecular flexibility index (Phi) is 5.83. The van der Waals surface area contributed by atoms with E-state index in [1.54, 1.807) is 7.11 Å². The maximum Gasteiger partial charge on any atom is 0.124 e. The lowest BCUT2D eigenvalue weighted by molar-refractivity contribution is 0.305. The molecule has 1 aromatic rings. The van der Waals surface area contributed by atoms with Crippen LogP contribution in [0.4, 0.5) is 0 Å². The fourth-order valence-electron chi connectivity index (χ4n) is 2.76. The first-order chi connectivity index (χ1) is 8.92. The van der Waals surface area contributed by atoms with Crippen molar-refractivity contribution in [3.05, 3.63) is 28.8 Å². The van der Waals surface area contributed by atoms with E-state index >= 15 is 0 Å². The molecule has 0 aliphatic rings. The first kappa shape index (κ1) is 16.0. The van der Waals surface area contributed by atoms with Gasteiger partial charge < -0.3 is 15.8 Å². The van der Waals surface area contributed by atoms with E-state index in [2.05, 4.69) is 45.1 Å². The Balaban J connectivity index is 3.19. The van der Waals surface area contributed by atoms with Crippen LogP contribution in [0.25, 0.3) is 0 Å². The van der Waals surface area contributed by atoms with E-state index in [1.165, 1.54) is 11.1 Å². The summed E-state index contributed by atoms with van der Waals surface area (Å²) in [6, 6.07) is 4.23. The molecular formula is C16H28N2O. The van der Waals surface area contributed by atoms with E-state index < -0.39 is 0 Å². The van der Waals surface area contributed by atoms with E-state index in [4.69, 9.17) is 10.5 Å². The van der Waals surface area contributed by atoms with Gasteiger partial charge in [0.2, 0.25) is 0 Å². The zero-order chi connectivity index (χ0) is 14.6. The van der Waals surface area contributed by atoms with Crippen molar-refractivity contribution >= 4 is 0 Å². The molecule has 0 aromatic heterocycles. The third-order valence-electron chi connectivity index (χ3n) is 3.80. The van der Waals surface area contributed by atoms with Crippen molar-refractivity contribution in [2.75, 3.05) is 20.7 Å². The van der Waals surface area contributed by atoms with Gasteiger partial charge in [0.1, 0.15) is 5.75 Å². The van der Waals surface area contributed by atoms with Gasteiger partial charge in [0.25, 0.3) is 0 Å². The Morgan fingerprint density at radius 2 is 1.89 bits per heavy atom. The molecule has 19 heavy (non-hydrogen) atoms. The van der Waals surface area contributed by atoms with Gasteiger partial charge in [-0.15, -0.1) is 0 Å². The van der Waals surface area contributed by atoms with Crippen LogP contribution < -0.4 is 15.8 Å². The molecule has 0 aliphatic heterocycles. The molecule has 0 heterocycles. The highest BCUT2D eigenvalue weighted by molar-refractivity contribution is 5.45. The second-order valence-corrected chi connectivity index (χ2v) is 5.69. The van der Waals surface area contributed by atoms with Gasteiger partial charge >= 0.3 is 0 Å². The predicted molar refractivity (Wildman–Crippen MR) is 81.7 cm³/mol. The summed E-state index contributed by atoms with van der Waals surface area (Å²) in [6.07, 6.45) is 0. The summed E-state index contributed by atoms with van der Waals surface area (Å²) in [6.45, 7) is 9.55. The normalized spacial score (nSPS) is 14.5. The number of rotatable bonds is 6. The zero-order valence-electron chi connectivity index (χ0n) is 13.1. The molecule has 0 saturated heterocycles. The van der Waals surface area contributed by atoms with E-state index in [1.807, 2.05) is 7.05 Å². The Morgan fingerprint density at radius 1 is 1.26 bits per heavy atom. The lowest BCUT2D eigenvalue weighted by atomic mass is 9.82. The molecule has 0 amide bonds. The number of aryl methyl sites for hydroxylation is 2. The third kappa shape index (κ3) is 3.71. The largest absolute Gasteiger partial charge is 0.496 e. The standard InChI is InChI=1S/C16H28N2O/c1-10(2)13(9-18-5)16(17)15-12(4)7-11(3)8-14(15)19-6/h7-8,10,13,16,18H,9,17H2,1-6H3. The summed E-state index contributed by atoms with van der Waals surface area (Å²) in [4.78, 5) is 0. The summed E-state index contributed by atoms with van der Waals surface area (Å²) in [5.74, 6) is 1.82. The second-order valence-electron chi connectivity index (χ2n) is 5.69. The topological polar surface area (TPSA) is 47.3 Å². The molecule has 0 aliphatic carbocycles. The van der Waals surface area contributed by atoms with Crippen LogP contribution in [0.2, 0.25) is 0 Å². The van der Waals surface area contributed by atoms with Crippen LogP contribution >= 0.6 is 0 Å². The minimum Gasteiger partial charge on any atom is -0.496 e. The minimum absolute atomic E-state index is 0.0111. The van der Waals surface area contributed by atoms with Crippen LogP contribution in [0.15, 0.2) is 12.1 Å². The van der Waals surface area contributed by atoms with Crippen LogP contribution in [-0.4, -0.2) is 20.7 Å². The molecule has 2 atom stereocenters. The Hall–Kier alpha value is -1.06. The highest BCUT2D eigenvalue weighted by Gasteiger charge is 2.26. The molecule has 108 valence electrons. The van der Waals surface area contributed by atoms with Crippen molar-refractivity contribution in [1.82, 2.24) is 5.32 Å². The number of nitrogens with two attached hydrogens (primary N) is 1. The summed E-state index contributed by atoms with van der Waals surface area (Å²) < 4.78 is 5.54.